The molecule has 13 heteroatoms. The van der Waals surface area contributed by atoms with Crippen LogP contribution in [-0.4, -0.2) is 86.6 Å². The van der Waals surface area contributed by atoms with Gasteiger partial charge in [-0.2, -0.15) is 5.26 Å². The van der Waals surface area contributed by atoms with Gasteiger partial charge in [-0.05, 0) is 49.3 Å². The van der Waals surface area contributed by atoms with Crippen LogP contribution in [-0.2, 0) is 36.7 Å². The van der Waals surface area contributed by atoms with E-state index in [4.69, 9.17) is 23.9 Å². The lowest BCUT2D eigenvalue weighted by Crippen LogP contribution is -2.42. The highest BCUT2D eigenvalue weighted by Crippen LogP contribution is 2.33. The molecule has 0 radical (unpaired) electrons. The van der Waals surface area contributed by atoms with Crippen LogP contribution in [0.1, 0.15) is 54.4 Å². The largest absolute Gasteiger partial charge is 0.379 e. The van der Waals surface area contributed by atoms with Crippen molar-refractivity contribution < 1.29 is 28.5 Å². The highest BCUT2D eigenvalue weighted by atomic mass is 16.7. The third kappa shape index (κ3) is 6.32. The fourth-order valence-electron chi connectivity index (χ4n) is 5.81. The zero-order chi connectivity index (χ0) is 29.6. The Hall–Kier alpha value is -3.83. The zero-order valence-electron chi connectivity index (χ0n) is 24.2. The molecular weight excluding hydrogens is 542 g/mol. The topological polar surface area (TPSA) is 151 Å². The van der Waals surface area contributed by atoms with Gasteiger partial charge in [0, 0.05) is 53.2 Å². The molecule has 3 aliphatic rings. The third-order valence-corrected chi connectivity index (χ3v) is 7.97. The molecule has 2 N–H and O–H groups in total. The maximum absolute atomic E-state index is 13.6. The summed E-state index contributed by atoms with van der Waals surface area (Å²) in [5.74, 6) is 0.729. The molecule has 2 aromatic heterocycles. The number of ether oxygens (including phenoxy) is 4. The quantitative estimate of drug-likeness (QED) is 0.424. The number of anilines is 3. The minimum Gasteiger partial charge on any atom is -0.379 e. The molecule has 224 valence electrons. The number of carbonyl (C=O) groups excluding carboxylic acids is 2. The molecule has 1 saturated heterocycles. The van der Waals surface area contributed by atoms with E-state index in [1.807, 2.05) is 6.07 Å². The number of methoxy groups -OCH3 is 3. The van der Waals surface area contributed by atoms with E-state index in [1.54, 1.807) is 23.0 Å². The number of hydrogen-bond donors (Lipinski definition) is 2. The van der Waals surface area contributed by atoms with E-state index in [0.29, 0.717) is 54.8 Å². The van der Waals surface area contributed by atoms with Gasteiger partial charge in [-0.25, -0.2) is 14.8 Å². The van der Waals surface area contributed by atoms with Crippen molar-refractivity contribution in [3.05, 3.63) is 40.7 Å². The Labute approximate surface area is 245 Å². The van der Waals surface area contributed by atoms with Crippen molar-refractivity contribution in [1.29, 1.82) is 5.26 Å². The second-order valence-corrected chi connectivity index (χ2v) is 10.6. The second-order valence-electron chi connectivity index (χ2n) is 10.6. The van der Waals surface area contributed by atoms with Gasteiger partial charge in [-0.3, -0.25) is 15.0 Å². The number of carbonyl (C=O) groups is 2. The first kappa shape index (κ1) is 29.7. The molecule has 0 unspecified atom stereocenters. The number of urea groups is 1. The molecule has 3 amide bonds. The molecule has 0 spiro atoms. The summed E-state index contributed by atoms with van der Waals surface area (Å²) in [4.78, 5) is 38.5. The maximum atomic E-state index is 13.6. The van der Waals surface area contributed by atoms with Crippen molar-refractivity contribution >= 4 is 29.3 Å². The van der Waals surface area contributed by atoms with E-state index < -0.39 is 12.3 Å². The highest BCUT2D eigenvalue weighted by molar-refractivity contribution is 6.01. The summed E-state index contributed by atoms with van der Waals surface area (Å²) in [6.45, 7) is 1.79. The molecule has 2 fully saturated rings. The van der Waals surface area contributed by atoms with Crippen LogP contribution in [0, 0.1) is 11.3 Å². The first-order chi connectivity index (χ1) is 20.4. The van der Waals surface area contributed by atoms with E-state index in [1.165, 1.54) is 20.4 Å². The van der Waals surface area contributed by atoms with E-state index in [0.717, 1.165) is 43.2 Å². The molecule has 1 saturated carbocycles. The molecule has 42 heavy (non-hydrogen) atoms. The average molecular weight is 580 g/mol. The number of amides is 3. The van der Waals surface area contributed by atoms with Crippen LogP contribution in [0.15, 0.2) is 18.3 Å². The lowest BCUT2D eigenvalue weighted by Gasteiger charge is -2.32. The second kappa shape index (κ2) is 13.4. The van der Waals surface area contributed by atoms with E-state index in [2.05, 4.69) is 21.7 Å². The predicted octanol–water partition coefficient (Wildman–Crippen LogP) is 2.96. The minimum absolute atomic E-state index is 0.0495. The van der Waals surface area contributed by atoms with Crippen LogP contribution < -0.4 is 15.5 Å². The van der Waals surface area contributed by atoms with Crippen molar-refractivity contribution in [2.45, 2.75) is 57.1 Å². The molecule has 0 bridgehead atoms. The Kier molecular flexibility index (Phi) is 9.48. The Balaban J connectivity index is 1.40. The number of pyridine rings is 2. The lowest BCUT2D eigenvalue weighted by molar-refractivity contribution is -0.143. The molecule has 13 nitrogen and oxygen atoms in total. The highest BCUT2D eigenvalue weighted by Gasteiger charge is 2.31. The van der Waals surface area contributed by atoms with E-state index >= 15 is 0 Å². The third-order valence-electron chi connectivity index (χ3n) is 7.97. The summed E-state index contributed by atoms with van der Waals surface area (Å²) in [5.41, 5.74) is 3.18. The number of rotatable bonds is 9. The summed E-state index contributed by atoms with van der Waals surface area (Å²) in [5, 5.41) is 15.9. The fraction of sp³-hybridized carbons (Fsp3) is 0.552. The zero-order valence-corrected chi connectivity index (χ0v) is 24.2. The van der Waals surface area contributed by atoms with Crippen LogP contribution in [0.25, 0.3) is 0 Å². The first-order valence-corrected chi connectivity index (χ1v) is 14.2. The van der Waals surface area contributed by atoms with Gasteiger partial charge in [0.2, 0.25) is 12.2 Å². The van der Waals surface area contributed by atoms with Gasteiger partial charge in [0.25, 0.3) is 0 Å². The molecule has 2 atom stereocenters. The smallest absolute Gasteiger partial charge is 0.328 e. The van der Waals surface area contributed by atoms with Crippen LogP contribution in [0.3, 0.4) is 0 Å². The number of aromatic nitrogens is 2. The molecule has 4 heterocycles. The molecule has 2 aromatic rings. The Bertz CT molecular complexity index is 1340. The molecule has 5 rings (SSSR count). The van der Waals surface area contributed by atoms with E-state index in [9.17, 15) is 14.9 Å². The standard InChI is InChI=1S/C29H37N7O6/c1-39-23-8-4-7-21(23)32-22-13-24(31-15-20(22)14-30)33-29(38)36-9-5-6-18-12-19(16-35-10-11-42-17-25(35)37)26(34-27(18)36)28(40-2)41-3/h12-13,15,21,23,28H,4-11,16-17H2,1-3H3,(H2,31,32,33,38)/t21-,23-/m1/s1. The molecule has 1 aliphatic carbocycles. The van der Waals surface area contributed by atoms with Crippen LogP contribution >= 0.6 is 0 Å². The Morgan fingerprint density at radius 3 is 2.79 bits per heavy atom. The van der Waals surface area contributed by atoms with E-state index in [-0.39, 0.29) is 24.7 Å². The van der Waals surface area contributed by atoms with Crippen molar-refractivity contribution in [1.82, 2.24) is 14.9 Å². The SMILES string of the molecule is COC(OC)c1nc2c(cc1CN1CCOCC1=O)CCCN2C(=O)Nc1cc(N[C@@H]2CCC[C@H]2OC)c(C#N)cn1. The number of nitrogens with one attached hydrogen (secondary N) is 2. The maximum Gasteiger partial charge on any atom is 0.328 e. The number of hydrogen-bond acceptors (Lipinski definition) is 10. The van der Waals surface area contributed by atoms with Gasteiger partial charge in [0.05, 0.1) is 30.0 Å². The first-order valence-electron chi connectivity index (χ1n) is 14.2. The summed E-state index contributed by atoms with van der Waals surface area (Å²) >= 11 is 0. The van der Waals surface area contributed by atoms with Crippen LogP contribution in [0.2, 0.25) is 0 Å². The van der Waals surface area contributed by atoms with Gasteiger partial charge >= 0.3 is 6.03 Å². The van der Waals surface area contributed by atoms with Gasteiger partial charge in [0.1, 0.15) is 30.0 Å². The van der Waals surface area contributed by atoms with Gasteiger partial charge < -0.3 is 29.2 Å². The van der Waals surface area contributed by atoms with Crippen LogP contribution in [0.5, 0.6) is 0 Å². The van der Waals surface area contributed by atoms with Crippen molar-refractivity contribution in [3.8, 4) is 6.07 Å². The number of fused-ring (bicyclic) bond motifs is 1. The van der Waals surface area contributed by atoms with Gasteiger partial charge in [-0.15, -0.1) is 0 Å². The van der Waals surface area contributed by atoms with Gasteiger partial charge in [0.15, 0.2) is 0 Å². The monoisotopic (exact) mass is 579 g/mol. The number of nitriles is 1. The Morgan fingerprint density at radius 2 is 2.05 bits per heavy atom. The van der Waals surface area contributed by atoms with Crippen molar-refractivity contribution in [3.63, 3.8) is 0 Å². The molecular formula is C29H37N7O6. The minimum atomic E-state index is -0.784. The fourth-order valence-corrected chi connectivity index (χ4v) is 5.81. The summed E-state index contributed by atoms with van der Waals surface area (Å²) in [6, 6.07) is 5.51. The number of nitrogens with zero attached hydrogens (tertiary/aromatic N) is 5. The molecule has 2 aliphatic heterocycles. The predicted molar refractivity (Wildman–Crippen MR) is 153 cm³/mol. The van der Waals surface area contributed by atoms with Crippen molar-refractivity contribution in [2.75, 3.05) is 63.2 Å². The molecule has 0 aromatic carbocycles. The normalized spacial score (nSPS) is 20.4. The number of morpholine rings is 1. The number of aryl methyl sites for hydroxylation is 1. The average Bonchev–Trinajstić information content (AvgIpc) is 3.46. The van der Waals surface area contributed by atoms with Crippen LogP contribution in [0.4, 0.5) is 22.1 Å². The Morgan fingerprint density at radius 1 is 1.21 bits per heavy atom. The summed E-state index contributed by atoms with van der Waals surface area (Å²) in [7, 11) is 4.73. The summed E-state index contributed by atoms with van der Waals surface area (Å²) < 4.78 is 22.0. The summed E-state index contributed by atoms with van der Waals surface area (Å²) in [6.07, 6.45) is 5.11. The van der Waals surface area contributed by atoms with Crippen molar-refractivity contribution in [2.24, 2.45) is 0 Å². The van der Waals surface area contributed by atoms with Gasteiger partial charge in [-0.1, -0.05) is 0 Å². The lowest BCUT2D eigenvalue weighted by atomic mass is 10.0.